The fraction of sp³-hybridized carbons (Fsp3) is 0.286. The Labute approximate surface area is 162 Å². The van der Waals surface area contributed by atoms with Crippen LogP contribution < -0.4 is 5.32 Å². The first-order valence-corrected chi connectivity index (χ1v) is 9.56. The third-order valence-corrected chi connectivity index (χ3v) is 5.77. The first-order chi connectivity index (χ1) is 13.0. The highest BCUT2D eigenvalue weighted by atomic mass is 32.1. The van der Waals surface area contributed by atoms with E-state index in [1.807, 2.05) is 36.4 Å². The summed E-state index contributed by atoms with van der Waals surface area (Å²) in [5.74, 6) is -0.445. The van der Waals surface area contributed by atoms with Gasteiger partial charge in [-0.2, -0.15) is 5.26 Å². The Kier molecular flexibility index (Phi) is 5.72. The number of amides is 1. The van der Waals surface area contributed by atoms with Crippen molar-refractivity contribution in [3.05, 3.63) is 57.5 Å². The molecule has 1 aliphatic rings. The quantitative estimate of drug-likeness (QED) is 0.490. The van der Waals surface area contributed by atoms with E-state index in [-0.39, 0.29) is 5.57 Å². The number of methoxy groups -OCH3 is 1. The van der Waals surface area contributed by atoms with Crippen LogP contribution in [0.4, 0.5) is 5.00 Å². The number of anilines is 1. The summed E-state index contributed by atoms with van der Waals surface area (Å²) in [4.78, 5) is 26.1. The fourth-order valence-corrected chi connectivity index (χ4v) is 4.59. The molecule has 0 aliphatic heterocycles. The van der Waals surface area contributed by atoms with Gasteiger partial charge in [0.05, 0.1) is 12.7 Å². The molecular weight excluding hydrogens is 360 g/mol. The molecule has 1 atom stereocenters. The van der Waals surface area contributed by atoms with E-state index in [0.29, 0.717) is 16.5 Å². The summed E-state index contributed by atoms with van der Waals surface area (Å²) in [6, 6.07) is 11.1. The van der Waals surface area contributed by atoms with Gasteiger partial charge in [-0.15, -0.1) is 11.3 Å². The molecule has 0 bridgehead atoms. The van der Waals surface area contributed by atoms with Crippen molar-refractivity contribution in [2.24, 2.45) is 5.92 Å². The van der Waals surface area contributed by atoms with Crippen LogP contribution in [0.2, 0.25) is 0 Å². The van der Waals surface area contributed by atoms with Crippen LogP contribution in [-0.4, -0.2) is 19.0 Å². The van der Waals surface area contributed by atoms with E-state index in [1.165, 1.54) is 24.5 Å². The van der Waals surface area contributed by atoms with Crippen molar-refractivity contribution in [1.29, 1.82) is 5.26 Å². The summed E-state index contributed by atoms with van der Waals surface area (Å²) in [6.07, 6.45) is 4.20. The number of nitrogens with zero attached hydrogens (tertiary/aromatic N) is 1. The number of nitriles is 1. The molecule has 0 fully saturated rings. The first kappa shape index (κ1) is 18.9. The predicted octanol–water partition coefficient (Wildman–Crippen LogP) is 4.21. The van der Waals surface area contributed by atoms with E-state index in [2.05, 4.69) is 12.2 Å². The topological polar surface area (TPSA) is 79.2 Å². The molecule has 27 heavy (non-hydrogen) atoms. The third kappa shape index (κ3) is 4.09. The predicted molar refractivity (Wildman–Crippen MR) is 106 cm³/mol. The van der Waals surface area contributed by atoms with E-state index < -0.39 is 11.9 Å². The highest BCUT2D eigenvalue weighted by Gasteiger charge is 2.29. The Hall–Kier alpha value is -2.91. The first-order valence-electron chi connectivity index (χ1n) is 8.74. The number of carbonyl (C=O) groups excluding carboxylic acids is 2. The standard InChI is InChI=1S/C21H20N2O3S/c1-13-8-9-16-17(10-13)27-20(18(16)21(25)26-2)23-19(24)15(12-22)11-14-6-4-3-5-7-14/h3-7,11,13H,8-10H2,1-2H3,(H,23,24)/b15-11+/t13-/m0/s1. The molecule has 1 aromatic heterocycles. The van der Waals surface area contributed by atoms with Crippen LogP contribution in [0.15, 0.2) is 35.9 Å². The van der Waals surface area contributed by atoms with E-state index in [9.17, 15) is 14.9 Å². The lowest BCUT2D eigenvalue weighted by Crippen LogP contribution is -2.16. The van der Waals surface area contributed by atoms with Crippen molar-refractivity contribution in [2.75, 3.05) is 12.4 Å². The number of thiophene rings is 1. The molecular formula is C21H20N2O3S. The maximum atomic E-state index is 12.6. The van der Waals surface area contributed by atoms with Gasteiger partial charge >= 0.3 is 5.97 Å². The summed E-state index contributed by atoms with van der Waals surface area (Å²) >= 11 is 1.40. The van der Waals surface area contributed by atoms with E-state index in [0.717, 1.165) is 35.3 Å². The molecule has 0 saturated heterocycles. The van der Waals surface area contributed by atoms with Gasteiger partial charge in [0, 0.05) is 4.88 Å². The summed E-state index contributed by atoms with van der Waals surface area (Å²) in [5.41, 5.74) is 2.13. The number of ether oxygens (including phenoxy) is 1. The van der Waals surface area contributed by atoms with Gasteiger partial charge < -0.3 is 10.1 Å². The van der Waals surface area contributed by atoms with Crippen LogP contribution in [0.5, 0.6) is 0 Å². The molecule has 0 saturated carbocycles. The zero-order valence-corrected chi connectivity index (χ0v) is 16.1. The third-order valence-electron chi connectivity index (χ3n) is 4.60. The van der Waals surface area contributed by atoms with Crippen LogP contribution >= 0.6 is 11.3 Å². The molecule has 1 aromatic carbocycles. The average molecular weight is 380 g/mol. The minimum atomic E-state index is -0.529. The lowest BCUT2D eigenvalue weighted by Gasteiger charge is -2.18. The Morgan fingerprint density at radius 1 is 1.33 bits per heavy atom. The second-order valence-electron chi connectivity index (χ2n) is 6.58. The summed E-state index contributed by atoms with van der Waals surface area (Å²) < 4.78 is 4.93. The number of hydrogen-bond acceptors (Lipinski definition) is 5. The van der Waals surface area contributed by atoms with Gasteiger partial charge in [0.25, 0.3) is 5.91 Å². The second kappa shape index (κ2) is 8.19. The molecule has 138 valence electrons. The molecule has 6 heteroatoms. The van der Waals surface area contributed by atoms with Gasteiger partial charge in [0.2, 0.25) is 0 Å². The van der Waals surface area contributed by atoms with Gasteiger partial charge in [0.1, 0.15) is 16.6 Å². The lowest BCUT2D eigenvalue weighted by molar-refractivity contribution is -0.112. The van der Waals surface area contributed by atoms with E-state index in [4.69, 9.17) is 4.74 Å². The minimum absolute atomic E-state index is 0.0169. The van der Waals surface area contributed by atoms with Crippen LogP contribution in [0.1, 0.15) is 39.7 Å². The Bertz CT molecular complexity index is 938. The number of nitrogens with one attached hydrogen (secondary N) is 1. The average Bonchev–Trinajstić information content (AvgIpc) is 3.02. The maximum absolute atomic E-state index is 12.6. The lowest BCUT2D eigenvalue weighted by atomic mass is 9.88. The largest absolute Gasteiger partial charge is 0.465 e. The molecule has 1 heterocycles. The molecule has 1 amide bonds. The highest BCUT2D eigenvalue weighted by Crippen LogP contribution is 2.40. The SMILES string of the molecule is COC(=O)c1c(NC(=O)/C(C#N)=C/c2ccccc2)sc2c1CC[C@H](C)C2. The van der Waals surface area contributed by atoms with Crippen molar-refractivity contribution in [2.45, 2.75) is 26.2 Å². The number of benzene rings is 1. The summed E-state index contributed by atoms with van der Waals surface area (Å²) in [7, 11) is 1.33. The van der Waals surface area contributed by atoms with E-state index in [1.54, 1.807) is 0 Å². The minimum Gasteiger partial charge on any atom is -0.465 e. The smallest absolute Gasteiger partial charge is 0.341 e. The molecule has 2 aromatic rings. The zero-order chi connectivity index (χ0) is 19.4. The Morgan fingerprint density at radius 2 is 2.07 bits per heavy atom. The molecule has 3 rings (SSSR count). The number of esters is 1. The normalized spacial score (nSPS) is 16.2. The van der Waals surface area contributed by atoms with Gasteiger partial charge in [-0.1, -0.05) is 37.3 Å². The number of fused-ring (bicyclic) bond motifs is 1. The number of carbonyl (C=O) groups is 2. The van der Waals surface area contributed by atoms with Crippen LogP contribution in [0.3, 0.4) is 0 Å². The maximum Gasteiger partial charge on any atom is 0.341 e. The molecule has 0 spiro atoms. The Balaban J connectivity index is 1.92. The van der Waals surface area contributed by atoms with Crippen molar-refractivity contribution in [3.63, 3.8) is 0 Å². The van der Waals surface area contributed by atoms with Crippen molar-refractivity contribution in [1.82, 2.24) is 0 Å². The highest BCUT2D eigenvalue weighted by molar-refractivity contribution is 7.17. The monoisotopic (exact) mass is 380 g/mol. The van der Waals surface area contributed by atoms with Crippen molar-refractivity contribution < 1.29 is 14.3 Å². The fourth-order valence-electron chi connectivity index (χ4n) is 3.19. The van der Waals surface area contributed by atoms with Crippen LogP contribution in [0.25, 0.3) is 6.08 Å². The zero-order valence-electron chi connectivity index (χ0n) is 15.2. The molecule has 1 N–H and O–H groups in total. The summed E-state index contributed by atoms with van der Waals surface area (Å²) in [5, 5.41) is 12.6. The summed E-state index contributed by atoms with van der Waals surface area (Å²) in [6.45, 7) is 2.18. The van der Waals surface area contributed by atoms with Gasteiger partial charge in [-0.25, -0.2) is 4.79 Å². The van der Waals surface area contributed by atoms with Gasteiger partial charge in [-0.05, 0) is 42.4 Å². The molecule has 0 unspecified atom stereocenters. The van der Waals surface area contributed by atoms with Crippen LogP contribution in [-0.2, 0) is 22.4 Å². The van der Waals surface area contributed by atoms with E-state index >= 15 is 0 Å². The van der Waals surface area contributed by atoms with Gasteiger partial charge in [0.15, 0.2) is 0 Å². The Morgan fingerprint density at radius 3 is 2.74 bits per heavy atom. The number of rotatable bonds is 4. The number of hydrogen-bond donors (Lipinski definition) is 1. The van der Waals surface area contributed by atoms with Crippen molar-refractivity contribution in [3.8, 4) is 6.07 Å². The van der Waals surface area contributed by atoms with Crippen molar-refractivity contribution >= 4 is 34.3 Å². The second-order valence-corrected chi connectivity index (χ2v) is 7.69. The molecule has 0 radical (unpaired) electrons. The molecule has 1 aliphatic carbocycles. The van der Waals surface area contributed by atoms with Gasteiger partial charge in [-0.3, -0.25) is 4.79 Å². The molecule has 5 nitrogen and oxygen atoms in total. The van der Waals surface area contributed by atoms with Crippen LogP contribution in [0, 0.1) is 17.2 Å².